The van der Waals surface area contributed by atoms with Gasteiger partial charge in [0.25, 0.3) is 5.91 Å². The predicted molar refractivity (Wildman–Crippen MR) is 86.6 cm³/mol. The Morgan fingerprint density at radius 2 is 2.05 bits per heavy atom. The number of rotatable bonds is 7. The SMILES string of the molecule is COCCOc1ccc(NC(=O)[C@@H]2CC[C@H](CN)O2)cc1.Cl. The monoisotopic (exact) mass is 330 g/mol. The fourth-order valence-electron chi connectivity index (χ4n) is 2.17. The molecule has 1 aliphatic heterocycles. The van der Waals surface area contributed by atoms with Crippen LogP contribution in [0.3, 0.4) is 0 Å². The highest BCUT2D eigenvalue weighted by molar-refractivity contribution is 5.94. The molecule has 7 heteroatoms. The number of ether oxygens (including phenoxy) is 3. The number of benzene rings is 1. The molecule has 1 aromatic rings. The second kappa shape index (κ2) is 9.63. The lowest BCUT2D eigenvalue weighted by Crippen LogP contribution is -2.29. The lowest BCUT2D eigenvalue weighted by Gasteiger charge is -2.13. The molecule has 0 bridgehead atoms. The Labute approximate surface area is 136 Å². The van der Waals surface area contributed by atoms with Crippen LogP contribution in [0.15, 0.2) is 24.3 Å². The molecular weight excluding hydrogens is 308 g/mol. The van der Waals surface area contributed by atoms with E-state index in [0.717, 1.165) is 17.9 Å². The van der Waals surface area contributed by atoms with Crippen molar-refractivity contribution in [2.24, 2.45) is 5.73 Å². The Hall–Kier alpha value is -1.34. The Morgan fingerprint density at radius 1 is 1.32 bits per heavy atom. The van der Waals surface area contributed by atoms with E-state index in [2.05, 4.69) is 5.32 Å². The van der Waals surface area contributed by atoms with E-state index < -0.39 is 6.10 Å². The molecule has 3 N–H and O–H groups in total. The summed E-state index contributed by atoms with van der Waals surface area (Å²) >= 11 is 0. The number of carbonyl (C=O) groups is 1. The molecule has 1 aliphatic rings. The molecule has 0 unspecified atom stereocenters. The van der Waals surface area contributed by atoms with Crippen LogP contribution in [-0.2, 0) is 14.3 Å². The summed E-state index contributed by atoms with van der Waals surface area (Å²) in [7, 11) is 1.63. The van der Waals surface area contributed by atoms with Gasteiger partial charge < -0.3 is 25.3 Å². The first-order chi connectivity index (χ1) is 10.2. The quantitative estimate of drug-likeness (QED) is 0.742. The van der Waals surface area contributed by atoms with Crippen molar-refractivity contribution >= 4 is 24.0 Å². The first-order valence-corrected chi connectivity index (χ1v) is 7.11. The van der Waals surface area contributed by atoms with Crippen LogP contribution in [0.2, 0.25) is 0 Å². The topological polar surface area (TPSA) is 82.8 Å². The van der Waals surface area contributed by atoms with Gasteiger partial charge in [-0.2, -0.15) is 0 Å². The fraction of sp³-hybridized carbons (Fsp3) is 0.533. The number of methoxy groups -OCH3 is 1. The fourth-order valence-corrected chi connectivity index (χ4v) is 2.17. The molecule has 1 fully saturated rings. The highest BCUT2D eigenvalue weighted by atomic mass is 35.5. The molecule has 22 heavy (non-hydrogen) atoms. The van der Waals surface area contributed by atoms with Gasteiger partial charge in [0.15, 0.2) is 0 Å². The van der Waals surface area contributed by atoms with Gasteiger partial charge >= 0.3 is 0 Å². The average molecular weight is 331 g/mol. The van der Waals surface area contributed by atoms with E-state index in [0.29, 0.717) is 26.2 Å². The average Bonchev–Trinajstić information content (AvgIpc) is 2.98. The number of carbonyl (C=O) groups excluding carboxylic acids is 1. The van der Waals surface area contributed by atoms with Crippen LogP contribution >= 0.6 is 12.4 Å². The summed E-state index contributed by atoms with van der Waals surface area (Å²) in [6.07, 6.45) is 1.14. The van der Waals surface area contributed by atoms with Crippen molar-refractivity contribution in [3.63, 3.8) is 0 Å². The summed E-state index contributed by atoms with van der Waals surface area (Å²) in [6, 6.07) is 7.22. The largest absolute Gasteiger partial charge is 0.491 e. The van der Waals surface area contributed by atoms with Gasteiger partial charge in [-0.15, -0.1) is 12.4 Å². The Bertz CT molecular complexity index is 455. The summed E-state index contributed by atoms with van der Waals surface area (Å²) in [6.45, 7) is 1.50. The molecule has 124 valence electrons. The second-order valence-electron chi connectivity index (χ2n) is 4.91. The Balaban J connectivity index is 0.00000242. The molecule has 6 nitrogen and oxygen atoms in total. The lowest BCUT2D eigenvalue weighted by atomic mass is 10.2. The number of anilines is 1. The van der Waals surface area contributed by atoms with Crippen LogP contribution in [0, 0.1) is 0 Å². The van der Waals surface area contributed by atoms with Crippen LogP contribution in [0.25, 0.3) is 0 Å². The zero-order chi connectivity index (χ0) is 15.1. The van der Waals surface area contributed by atoms with Crippen molar-refractivity contribution in [1.82, 2.24) is 0 Å². The van der Waals surface area contributed by atoms with E-state index in [4.69, 9.17) is 19.9 Å². The van der Waals surface area contributed by atoms with Gasteiger partial charge in [0.05, 0.1) is 12.7 Å². The molecule has 0 aliphatic carbocycles. The molecule has 2 rings (SSSR count). The molecule has 0 spiro atoms. The highest BCUT2D eigenvalue weighted by Crippen LogP contribution is 2.21. The summed E-state index contributed by atoms with van der Waals surface area (Å²) < 4.78 is 15.9. The summed E-state index contributed by atoms with van der Waals surface area (Å²) in [5, 5.41) is 2.84. The van der Waals surface area contributed by atoms with Gasteiger partial charge in [-0.3, -0.25) is 4.79 Å². The van der Waals surface area contributed by atoms with Crippen LogP contribution < -0.4 is 15.8 Å². The zero-order valence-corrected chi connectivity index (χ0v) is 13.4. The Kier molecular flexibility index (Phi) is 8.19. The maximum Gasteiger partial charge on any atom is 0.253 e. The van der Waals surface area contributed by atoms with E-state index in [9.17, 15) is 4.79 Å². The van der Waals surface area contributed by atoms with Crippen molar-refractivity contribution in [3.05, 3.63) is 24.3 Å². The van der Waals surface area contributed by atoms with Gasteiger partial charge in [-0.1, -0.05) is 0 Å². The van der Waals surface area contributed by atoms with Crippen LogP contribution in [0.5, 0.6) is 5.75 Å². The summed E-state index contributed by atoms with van der Waals surface area (Å²) in [5.74, 6) is 0.615. The van der Waals surface area contributed by atoms with Crippen molar-refractivity contribution < 1.29 is 19.0 Å². The third-order valence-electron chi connectivity index (χ3n) is 3.34. The zero-order valence-electron chi connectivity index (χ0n) is 12.6. The molecule has 0 saturated carbocycles. The van der Waals surface area contributed by atoms with Crippen LogP contribution in [0.4, 0.5) is 5.69 Å². The summed E-state index contributed by atoms with van der Waals surface area (Å²) in [4.78, 5) is 12.0. The molecule has 0 radical (unpaired) electrons. The molecule has 2 atom stereocenters. The Morgan fingerprint density at radius 3 is 2.64 bits per heavy atom. The highest BCUT2D eigenvalue weighted by Gasteiger charge is 2.29. The minimum absolute atomic E-state index is 0. The standard InChI is InChI=1S/C15H22N2O4.ClH/c1-19-8-9-20-12-4-2-11(3-5-12)17-15(18)14-7-6-13(10-16)21-14;/h2-5,13-14H,6-10,16H2,1H3,(H,17,18);1H/t13-,14+;/m1./s1. The van der Waals surface area contributed by atoms with Crippen molar-refractivity contribution in [2.45, 2.75) is 25.0 Å². The second-order valence-corrected chi connectivity index (χ2v) is 4.91. The molecule has 1 aromatic carbocycles. The number of hydrogen-bond acceptors (Lipinski definition) is 5. The number of hydrogen-bond donors (Lipinski definition) is 2. The van der Waals surface area contributed by atoms with E-state index in [1.165, 1.54) is 0 Å². The van der Waals surface area contributed by atoms with Gasteiger partial charge in [0, 0.05) is 19.3 Å². The third kappa shape index (κ3) is 5.46. The third-order valence-corrected chi connectivity index (χ3v) is 3.34. The van der Waals surface area contributed by atoms with Gasteiger partial charge in [-0.05, 0) is 37.1 Å². The molecule has 1 saturated heterocycles. The molecule has 0 aromatic heterocycles. The van der Waals surface area contributed by atoms with Gasteiger partial charge in [0.1, 0.15) is 18.5 Å². The lowest BCUT2D eigenvalue weighted by molar-refractivity contribution is -0.126. The minimum Gasteiger partial charge on any atom is -0.491 e. The maximum atomic E-state index is 12.0. The van der Waals surface area contributed by atoms with E-state index >= 15 is 0 Å². The van der Waals surface area contributed by atoms with Gasteiger partial charge in [-0.25, -0.2) is 0 Å². The number of halogens is 1. The number of nitrogens with two attached hydrogens (primary N) is 1. The molecular formula is C15H23ClN2O4. The number of amides is 1. The minimum atomic E-state index is -0.406. The predicted octanol–water partition coefficient (Wildman–Crippen LogP) is 1.58. The number of nitrogens with one attached hydrogen (secondary N) is 1. The molecule has 1 amide bonds. The van der Waals surface area contributed by atoms with Crippen molar-refractivity contribution in [1.29, 1.82) is 0 Å². The molecule has 1 heterocycles. The first-order valence-electron chi connectivity index (χ1n) is 7.11. The van der Waals surface area contributed by atoms with Crippen molar-refractivity contribution in [3.8, 4) is 5.75 Å². The normalized spacial score (nSPS) is 20.3. The smallest absolute Gasteiger partial charge is 0.253 e. The van der Waals surface area contributed by atoms with Crippen molar-refractivity contribution in [2.75, 3.05) is 32.2 Å². The van der Waals surface area contributed by atoms with E-state index in [1.807, 2.05) is 12.1 Å². The summed E-state index contributed by atoms with van der Waals surface area (Å²) in [5.41, 5.74) is 6.26. The van der Waals surface area contributed by atoms with E-state index in [-0.39, 0.29) is 24.4 Å². The van der Waals surface area contributed by atoms with Crippen LogP contribution in [-0.4, -0.2) is 45.0 Å². The first kappa shape index (κ1) is 18.7. The van der Waals surface area contributed by atoms with E-state index in [1.54, 1.807) is 19.2 Å². The van der Waals surface area contributed by atoms with Gasteiger partial charge in [0.2, 0.25) is 0 Å². The van der Waals surface area contributed by atoms with Crippen LogP contribution in [0.1, 0.15) is 12.8 Å². The maximum absolute atomic E-state index is 12.0.